The summed E-state index contributed by atoms with van der Waals surface area (Å²) in [6.07, 6.45) is 2.63. The third-order valence-corrected chi connectivity index (χ3v) is 4.36. The smallest absolute Gasteiger partial charge is 0.235 e. The van der Waals surface area contributed by atoms with Gasteiger partial charge in [0.1, 0.15) is 0 Å². The molecule has 4 heteroatoms. The Morgan fingerprint density at radius 1 is 1.37 bits per heavy atom. The Labute approximate surface area is 119 Å². The van der Waals surface area contributed by atoms with Crippen LogP contribution in [0.3, 0.4) is 0 Å². The molecule has 0 aliphatic heterocycles. The van der Waals surface area contributed by atoms with E-state index in [4.69, 9.17) is 18.0 Å². The first-order valence-electron chi connectivity index (χ1n) is 6.73. The van der Waals surface area contributed by atoms with Crippen LogP contribution in [0.4, 0.5) is 0 Å². The second-order valence-electron chi connectivity index (χ2n) is 5.10. The molecule has 0 spiro atoms. The van der Waals surface area contributed by atoms with Crippen LogP contribution >= 0.6 is 12.2 Å². The highest BCUT2D eigenvalue weighted by Crippen LogP contribution is 2.43. The Bertz CT molecular complexity index is 468. The molecule has 0 unspecified atom stereocenters. The number of rotatable bonds is 5. The molecule has 0 aromatic heterocycles. The van der Waals surface area contributed by atoms with Gasteiger partial charge in [-0.1, -0.05) is 49.0 Å². The molecule has 0 atom stereocenters. The molecular formula is C15H20N2OS. The van der Waals surface area contributed by atoms with Gasteiger partial charge in [0, 0.05) is 13.1 Å². The summed E-state index contributed by atoms with van der Waals surface area (Å²) in [5.74, 6) is 0.0950. The van der Waals surface area contributed by atoms with E-state index < -0.39 is 5.41 Å². The molecule has 102 valence electrons. The minimum Gasteiger partial charge on any atom is -0.392 e. The zero-order valence-electron chi connectivity index (χ0n) is 11.3. The number of benzene rings is 1. The molecule has 1 aliphatic rings. The molecular weight excluding hydrogens is 256 g/mol. The lowest BCUT2D eigenvalue weighted by Crippen LogP contribution is -2.54. The van der Waals surface area contributed by atoms with Crippen molar-refractivity contribution in [2.45, 2.75) is 32.7 Å². The Morgan fingerprint density at radius 2 is 2.00 bits per heavy atom. The van der Waals surface area contributed by atoms with Crippen molar-refractivity contribution < 1.29 is 4.79 Å². The summed E-state index contributed by atoms with van der Waals surface area (Å²) in [5, 5.41) is 0. The van der Waals surface area contributed by atoms with E-state index in [1.54, 1.807) is 0 Å². The number of thiocarbonyl (C=S) groups is 1. The maximum absolute atomic E-state index is 12.7. The van der Waals surface area contributed by atoms with Crippen molar-refractivity contribution in [2.75, 3.05) is 6.54 Å². The number of hydrogen-bond donors (Lipinski definition) is 1. The van der Waals surface area contributed by atoms with E-state index in [2.05, 4.69) is 0 Å². The van der Waals surface area contributed by atoms with Crippen LogP contribution in [0.25, 0.3) is 0 Å². The zero-order valence-corrected chi connectivity index (χ0v) is 12.1. The van der Waals surface area contributed by atoms with Gasteiger partial charge in [0.15, 0.2) is 0 Å². The van der Waals surface area contributed by atoms with Gasteiger partial charge in [-0.15, -0.1) is 0 Å². The summed E-state index contributed by atoms with van der Waals surface area (Å²) in [5.41, 5.74) is 6.37. The van der Waals surface area contributed by atoms with Crippen molar-refractivity contribution in [3.05, 3.63) is 35.9 Å². The third kappa shape index (κ3) is 2.63. The second kappa shape index (κ2) is 5.70. The first-order chi connectivity index (χ1) is 9.10. The van der Waals surface area contributed by atoms with Crippen molar-refractivity contribution in [1.29, 1.82) is 0 Å². The number of hydrogen-bond acceptors (Lipinski definition) is 2. The average molecular weight is 276 g/mol. The summed E-state index contributed by atoms with van der Waals surface area (Å²) >= 11 is 5.12. The molecule has 1 aromatic carbocycles. The minimum absolute atomic E-state index is 0.0950. The van der Waals surface area contributed by atoms with Crippen LogP contribution in [0.2, 0.25) is 0 Å². The summed E-state index contributed by atoms with van der Waals surface area (Å²) in [6, 6.07) is 10.0. The molecule has 1 aromatic rings. The predicted octanol–water partition coefficient (Wildman–Crippen LogP) is 2.49. The Morgan fingerprint density at radius 3 is 2.42 bits per heavy atom. The van der Waals surface area contributed by atoms with E-state index in [0.29, 0.717) is 18.1 Å². The Balaban J connectivity index is 2.13. The topological polar surface area (TPSA) is 46.3 Å². The van der Waals surface area contributed by atoms with E-state index in [1.165, 1.54) is 0 Å². The molecule has 1 fully saturated rings. The summed E-state index contributed by atoms with van der Waals surface area (Å²) in [7, 11) is 0. The lowest BCUT2D eigenvalue weighted by atomic mass is 9.67. The molecule has 0 heterocycles. The van der Waals surface area contributed by atoms with Gasteiger partial charge in [0.2, 0.25) is 5.91 Å². The Hall–Kier alpha value is -1.42. The normalized spacial score (nSPS) is 16.5. The molecule has 0 bridgehead atoms. The third-order valence-electron chi connectivity index (χ3n) is 3.97. The lowest BCUT2D eigenvalue weighted by Gasteiger charge is -2.42. The first kappa shape index (κ1) is 14.0. The maximum Gasteiger partial charge on any atom is 0.235 e. The van der Waals surface area contributed by atoms with Crippen LogP contribution < -0.4 is 5.73 Å². The molecule has 0 saturated heterocycles. The van der Waals surface area contributed by atoms with Gasteiger partial charge in [-0.3, -0.25) is 4.79 Å². The number of carbonyl (C=O) groups excluding carboxylic acids is 1. The van der Waals surface area contributed by atoms with E-state index in [-0.39, 0.29) is 5.91 Å². The molecule has 19 heavy (non-hydrogen) atoms. The highest BCUT2D eigenvalue weighted by atomic mass is 32.1. The number of amides is 1. The van der Waals surface area contributed by atoms with Crippen LogP contribution in [0, 0.1) is 5.41 Å². The SMILES string of the molecule is CCN(Cc1ccccc1)C(=O)C1(C(N)=S)CCC1. The van der Waals surface area contributed by atoms with Gasteiger partial charge in [0.25, 0.3) is 0 Å². The van der Waals surface area contributed by atoms with E-state index in [1.807, 2.05) is 42.2 Å². The summed E-state index contributed by atoms with van der Waals surface area (Å²) in [6.45, 7) is 3.30. The second-order valence-corrected chi connectivity index (χ2v) is 5.54. The van der Waals surface area contributed by atoms with Crippen LogP contribution in [-0.2, 0) is 11.3 Å². The van der Waals surface area contributed by atoms with Crippen molar-refractivity contribution in [3.63, 3.8) is 0 Å². The monoisotopic (exact) mass is 276 g/mol. The van der Waals surface area contributed by atoms with Gasteiger partial charge in [-0.2, -0.15) is 0 Å². The van der Waals surface area contributed by atoms with Gasteiger partial charge in [-0.25, -0.2) is 0 Å². The van der Waals surface area contributed by atoms with Crippen molar-refractivity contribution in [3.8, 4) is 0 Å². The highest BCUT2D eigenvalue weighted by molar-refractivity contribution is 7.80. The fraction of sp³-hybridized carbons (Fsp3) is 0.467. The van der Waals surface area contributed by atoms with E-state index in [0.717, 1.165) is 24.8 Å². The van der Waals surface area contributed by atoms with Gasteiger partial charge < -0.3 is 10.6 Å². The predicted molar refractivity (Wildman–Crippen MR) is 80.6 cm³/mol. The largest absolute Gasteiger partial charge is 0.392 e. The standard InChI is InChI=1S/C15H20N2OS/c1-2-17(11-12-7-4-3-5-8-12)14(18)15(13(16)19)9-6-10-15/h3-5,7-8H,2,6,9-11H2,1H3,(H2,16,19). The van der Waals surface area contributed by atoms with Crippen LogP contribution in [-0.4, -0.2) is 22.3 Å². The molecule has 2 N–H and O–H groups in total. The molecule has 1 saturated carbocycles. The van der Waals surface area contributed by atoms with Gasteiger partial charge >= 0.3 is 0 Å². The first-order valence-corrected chi connectivity index (χ1v) is 7.14. The maximum atomic E-state index is 12.7. The van der Waals surface area contributed by atoms with Crippen LogP contribution in [0.15, 0.2) is 30.3 Å². The average Bonchev–Trinajstić information content (AvgIpc) is 2.35. The number of nitrogens with zero attached hydrogens (tertiary/aromatic N) is 1. The summed E-state index contributed by atoms with van der Waals surface area (Å²) < 4.78 is 0. The lowest BCUT2D eigenvalue weighted by molar-refractivity contribution is -0.142. The fourth-order valence-electron chi connectivity index (χ4n) is 2.53. The molecule has 1 amide bonds. The fourth-order valence-corrected chi connectivity index (χ4v) is 2.82. The number of carbonyl (C=O) groups is 1. The zero-order chi connectivity index (χ0) is 13.9. The Kier molecular flexibility index (Phi) is 4.20. The van der Waals surface area contributed by atoms with E-state index >= 15 is 0 Å². The molecule has 2 rings (SSSR count). The van der Waals surface area contributed by atoms with Crippen molar-refractivity contribution in [2.24, 2.45) is 11.1 Å². The van der Waals surface area contributed by atoms with Crippen LogP contribution in [0.5, 0.6) is 0 Å². The van der Waals surface area contributed by atoms with Gasteiger partial charge in [0.05, 0.1) is 10.4 Å². The van der Waals surface area contributed by atoms with E-state index in [9.17, 15) is 4.79 Å². The highest BCUT2D eigenvalue weighted by Gasteiger charge is 2.48. The summed E-state index contributed by atoms with van der Waals surface area (Å²) in [4.78, 5) is 14.9. The van der Waals surface area contributed by atoms with Crippen molar-refractivity contribution in [1.82, 2.24) is 4.90 Å². The molecule has 3 nitrogen and oxygen atoms in total. The quantitative estimate of drug-likeness (QED) is 0.841. The molecule has 1 aliphatic carbocycles. The van der Waals surface area contributed by atoms with Crippen molar-refractivity contribution >= 4 is 23.1 Å². The molecule has 0 radical (unpaired) electrons. The minimum atomic E-state index is -0.569. The number of nitrogens with two attached hydrogens (primary N) is 1. The van der Waals surface area contributed by atoms with Crippen LogP contribution in [0.1, 0.15) is 31.7 Å². The van der Waals surface area contributed by atoms with Gasteiger partial charge in [-0.05, 0) is 25.3 Å².